The highest BCUT2D eigenvalue weighted by Crippen LogP contribution is 2.38. The zero-order valence-electron chi connectivity index (χ0n) is 9.48. The van der Waals surface area contributed by atoms with Crippen LogP contribution in [0.3, 0.4) is 0 Å². The number of rotatable bonds is 1. The lowest BCUT2D eigenvalue weighted by Gasteiger charge is -2.16. The van der Waals surface area contributed by atoms with Crippen molar-refractivity contribution in [2.24, 2.45) is 0 Å². The van der Waals surface area contributed by atoms with Gasteiger partial charge in [0, 0.05) is 5.69 Å². The Balaban J connectivity index is 2.39. The normalized spacial score (nSPS) is 17.8. The van der Waals surface area contributed by atoms with Crippen molar-refractivity contribution < 1.29 is 18.0 Å². The molecule has 5 heteroatoms. The number of alkyl halides is 3. The van der Waals surface area contributed by atoms with Crippen molar-refractivity contribution in [1.29, 1.82) is 0 Å². The molecule has 0 fully saturated rings. The number of carbonyl (C=O) groups excluding carboxylic acids is 1. The van der Waals surface area contributed by atoms with Crippen LogP contribution in [0.2, 0.25) is 0 Å². The smallest absolute Gasteiger partial charge is 0.325 e. The summed E-state index contributed by atoms with van der Waals surface area (Å²) in [6.07, 6.45) is -5.20. The van der Waals surface area contributed by atoms with E-state index >= 15 is 0 Å². The molecule has 0 unspecified atom stereocenters. The Morgan fingerprint density at radius 1 is 1.29 bits per heavy atom. The van der Waals surface area contributed by atoms with Crippen LogP contribution in [0.1, 0.15) is 25.0 Å². The summed E-state index contributed by atoms with van der Waals surface area (Å²) in [6, 6.07) is 4.39. The minimum Gasteiger partial charge on any atom is -0.325 e. The number of benzene rings is 1. The van der Waals surface area contributed by atoms with Gasteiger partial charge >= 0.3 is 6.18 Å². The Hall–Kier alpha value is -1.52. The Kier molecular flexibility index (Phi) is 2.45. The van der Waals surface area contributed by atoms with E-state index in [0.29, 0.717) is 11.3 Å². The number of hydrogen-bond acceptors (Lipinski definition) is 1. The van der Waals surface area contributed by atoms with Crippen molar-refractivity contribution in [2.75, 3.05) is 5.32 Å². The summed E-state index contributed by atoms with van der Waals surface area (Å²) in [6.45, 7) is 3.40. The van der Waals surface area contributed by atoms with Crippen LogP contribution in [0.25, 0.3) is 0 Å². The van der Waals surface area contributed by atoms with Crippen molar-refractivity contribution in [1.82, 2.24) is 0 Å². The van der Waals surface area contributed by atoms with Crippen LogP contribution in [-0.4, -0.2) is 12.1 Å². The van der Waals surface area contributed by atoms with Gasteiger partial charge < -0.3 is 5.32 Å². The van der Waals surface area contributed by atoms with E-state index in [1.807, 2.05) is 0 Å². The molecule has 0 radical (unpaired) electrons. The molecule has 1 aromatic carbocycles. The lowest BCUT2D eigenvalue weighted by atomic mass is 9.85. The number of hydrogen-bond donors (Lipinski definition) is 1. The van der Waals surface area contributed by atoms with Gasteiger partial charge in [0.15, 0.2) is 0 Å². The van der Waals surface area contributed by atoms with Crippen LogP contribution in [0.5, 0.6) is 0 Å². The minimum absolute atomic E-state index is 0.181. The molecule has 1 heterocycles. The van der Waals surface area contributed by atoms with E-state index in [1.54, 1.807) is 13.8 Å². The second-order valence-electron chi connectivity index (χ2n) is 4.75. The maximum absolute atomic E-state index is 12.3. The molecule has 0 spiro atoms. The fourth-order valence-corrected chi connectivity index (χ4v) is 1.96. The maximum Gasteiger partial charge on any atom is 0.393 e. The molecule has 1 aliphatic heterocycles. The molecular formula is C12H12F3NO. The van der Waals surface area contributed by atoms with Gasteiger partial charge in [0.05, 0.1) is 11.8 Å². The summed E-state index contributed by atoms with van der Waals surface area (Å²) in [5, 5.41) is 2.66. The Bertz CT molecular complexity index is 477. The fraction of sp³-hybridized carbons (Fsp3) is 0.417. The fourth-order valence-electron chi connectivity index (χ4n) is 1.96. The molecule has 1 aromatic rings. The first-order valence-corrected chi connectivity index (χ1v) is 5.22. The molecule has 92 valence electrons. The highest BCUT2D eigenvalue weighted by Gasteiger charge is 2.39. The van der Waals surface area contributed by atoms with Crippen LogP contribution in [0.4, 0.5) is 18.9 Å². The third-order valence-electron chi connectivity index (χ3n) is 2.98. The summed E-state index contributed by atoms with van der Waals surface area (Å²) in [5.74, 6) is -0.184. The summed E-state index contributed by atoms with van der Waals surface area (Å²) < 4.78 is 36.8. The zero-order valence-corrected chi connectivity index (χ0v) is 9.48. The van der Waals surface area contributed by atoms with Gasteiger partial charge in [-0.3, -0.25) is 4.79 Å². The SMILES string of the molecule is CC1(C)C(=O)Nc2ccc(CC(F)(F)F)cc21. The van der Waals surface area contributed by atoms with Gasteiger partial charge in [0.2, 0.25) is 5.91 Å². The van der Waals surface area contributed by atoms with Gasteiger partial charge in [-0.1, -0.05) is 12.1 Å². The molecule has 2 rings (SSSR count). The molecule has 0 bridgehead atoms. The predicted molar refractivity (Wildman–Crippen MR) is 57.9 cm³/mol. The monoisotopic (exact) mass is 243 g/mol. The molecule has 0 aromatic heterocycles. The number of anilines is 1. The summed E-state index contributed by atoms with van der Waals surface area (Å²) in [4.78, 5) is 11.6. The van der Waals surface area contributed by atoms with Crippen molar-refractivity contribution >= 4 is 11.6 Å². The van der Waals surface area contributed by atoms with Crippen molar-refractivity contribution in [3.63, 3.8) is 0 Å². The Morgan fingerprint density at radius 2 is 1.94 bits per heavy atom. The van der Waals surface area contributed by atoms with Crippen LogP contribution >= 0.6 is 0 Å². The van der Waals surface area contributed by atoms with Crippen LogP contribution in [0, 0.1) is 0 Å². The van der Waals surface area contributed by atoms with Crippen LogP contribution < -0.4 is 5.32 Å². The number of nitrogens with one attached hydrogen (secondary N) is 1. The van der Waals surface area contributed by atoms with Crippen molar-refractivity contribution in [3.05, 3.63) is 29.3 Å². The second-order valence-corrected chi connectivity index (χ2v) is 4.75. The van der Waals surface area contributed by atoms with E-state index in [2.05, 4.69) is 5.32 Å². The van der Waals surface area contributed by atoms with Gasteiger partial charge in [0.25, 0.3) is 0 Å². The van der Waals surface area contributed by atoms with Gasteiger partial charge in [0.1, 0.15) is 0 Å². The molecule has 1 amide bonds. The highest BCUT2D eigenvalue weighted by molar-refractivity contribution is 6.05. The first kappa shape index (κ1) is 12.0. The molecule has 1 aliphatic rings. The number of amides is 1. The average molecular weight is 243 g/mol. The highest BCUT2D eigenvalue weighted by atomic mass is 19.4. The van der Waals surface area contributed by atoms with Crippen molar-refractivity contribution in [3.8, 4) is 0 Å². The van der Waals surface area contributed by atoms with Gasteiger partial charge in [-0.2, -0.15) is 13.2 Å². The van der Waals surface area contributed by atoms with E-state index in [4.69, 9.17) is 0 Å². The predicted octanol–water partition coefficient (Wildman–Crippen LogP) is 3.02. The number of carbonyl (C=O) groups is 1. The summed E-state index contributed by atoms with van der Waals surface area (Å²) >= 11 is 0. The van der Waals surface area contributed by atoms with E-state index in [0.717, 1.165) is 0 Å². The third-order valence-corrected chi connectivity index (χ3v) is 2.98. The first-order valence-electron chi connectivity index (χ1n) is 5.22. The zero-order chi connectivity index (χ0) is 12.8. The molecule has 0 atom stereocenters. The minimum atomic E-state index is -4.23. The molecule has 0 saturated heterocycles. The van der Waals surface area contributed by atoms with E-state index in [-0.39, 0.29) is 11.5 Å². The van der Waals surface area contributed by atoms with Gasteiger partial charge in [-0.05, 0) is 31.0 Å². The quantitative estimate of drug-likeness (QED) is 0.807. The van der Waals surface area contributed by atoms with E-state index < -0.39 is 18.0 Å². The average Bonchev–Trinajstić information content (AvgIpc) is 2.37. The first-order chi connectivity index (χ1) is 7.70. The van der Waals surface area contributed by atoms with E-state index in [1.165, 1.54) is 18.2 Å². The Morgan fingerprint density at radius 3 is 2.53 bits per heavy atom. The van der Waals surface area contributed by atoms with Crippen LogP contribution in [0.15, 0.2) is 18.2 Å². The lowest BCUT2D eigenvalue weighted by Crippen LogP contribution is -2.27. The molecule has 0 saturated carbocycles. The number of halogens is 3. The molecule has 17 heavy (non-hydrogen) atoms. The largest absolute Gasteiger partial charge is 0.393 e. The maximum atomic E-state index is 12.3. The Labute approximate surface area is 96.8 Å². The molecule has 2 nitrogen and oxygen atoms in total. The molecule has 0 aliphatic carbocycles. The second kappa shape index (κ2) is 3.48. The van der Waals surface area contributed by atoms with Gasteiger partial charge in [-0.25, -0.2) is 0 Å². The standard InChI is InChI=1S/C12H12F3NO/c1-11(2)8-5-7(6-12(13,14)15)3-4-9(8)16-10(11)17/h3-5H,6H2,1-2H3,(H,16,17). The summed E-state index contributed by atoms with van der Waals surface area (Å²) in [5.41, 5.74) is 0.646. The van der Waals surface area contributed by atoms with Gasteiger partial charge in [-0.15, -0.1) is 0 Å². The molecule has 1 N–H and O–H groups in total. The van der Waals surface area contributed by atoms with Crippen molar-refractivity contribution in [2.45, 2.75) is 31.9 Å². The summed E-state index contributed by atoms with van der Waals surface area (Å²) in [7, 11) is 0. The lowest BCUT2D eigenvalue weighted by molar-refractivity contribution is -0.127. The number of fused-ring (bicyclic) bond motifs is 1. The third kappa shape index (κ3) is 2.14. The topological polar surface area (TPSA) is 29.1 Å². The van der Waals surface area contributed by atoms with Crippen LogP contribution in [-0.2, 0) is 16.6 Å². The van der Waals surface area contributed by atoms with E-state index in [9.17, 15) is 18.0 Å². The molecular weight excluding hydrogens is 231 g/mol.